The molecule has 0 unspecified atom stereocenters. The van der Waals surface area contributed by atoms with Gasteiger partial charge in [0.1, 0.15) is 10.6 Å². The van der Waals surface area contributed by atoms with Gasteiger partial charge in [0.05, 0.1) is 13.2 Å². The van der Waals surface area contributed by atoms with Crippen molar-refractivity contribution in [2.45, 2.75) is 35.5 Å². The minimum Gasteiger partial charge on any atom is -0.495 e. The van der Waals surface area contributed by atoms with Crippen molar-refractivity contribution in [3.63, 3.8) is 0 Å². The molecule has 0 atom stereocenters. The Hall–Kier alpha value is -1.21. The molecule has 0 aromatic heterocycles. The van der Waals surface area contributed by atoms with Crippen molar-refractivity contribution in [3.05, 3.63) is 23.8 Å². The van der Waals surface area contributed by atoms with Crippen LogP contribution in [0.4, 0.5) is 8.78 Å². The fourth-order valence-corrected chi connectivity index (χ4v) is 3.00. The molecule has 0 spiro atoms. The van der Waals surface area contributed by atoms with Crippen LogP contribution in [0.2, 0.25) is 0 Å². The third-order valence-corrected chi connectivity index (χ3v) is 4.73. The average Bonchev–Trinajstić information content (AvgIpc) is 2.34. The average molecular weight is 292 g/mol. The number of methoxy groups -OCH3 is 1. The molecule has 1 N–H and O–H groups in total. The second-order valence-corrected chi connectivity index (χ2v) is 6.42. The molecule has 7 heteroatoms. The summed E-state index contributed by atoms with van der Waals surface area (Å²) in [5, 5.41) is 9.24. The van der Waals surface area contributed by atoms with Gasteiger partial charge in [0.2, 0.25) is 9.84 Å². The zero-order valence-electron chi connectivity index (χ0n) is 10.2. The summed E-state index contributed by atoms with van der Waals surface area (Å²) >= 11 is 0. The molecule has 4 nitrogen and oxygen atoms in total. The molecular formula is C12H14F2O4S. The van der Waals surface area contributed by atoms with Gasteiger partial charge in [-0.3, -0.25) is 0 Å². The van der Waals surface area contributed by atoms with Crippen LogP contribution >= 0.6 is 0 Å². The molecule has 0 radical (unpaired) electrons. The maximum absolute atomic E-state index is 12.5. The first-order chi connectivity index (χ1) is 8.86. The van der Waals surface area contributed by atoms with E-state index < -0.39 is 20.5 Å². The summed E-state index contributed by atoms with van der Waals surface area (Å²) in [4.78, 5) is -0.506. The van der Waals surface area contributed by atoms with Gasteiger partial charge in [-0.25, -0.2) is 8.42 Å². The lowest BCUT2D eigenvalue weighted by atomic mass is 9.78. The zero-order chi connectivity index (χ0) is 14.2. The minimum absolute atomic E-state index is 0.0841. The van der Waals surface area contributed by atoms with Gasteiger partial charge in [-0.1, -0.05) is 6.07 Å². The lowest BCUT2D eigenvalue weighted by Crippen LogP contribution is -2.26. The smallest absolute Gasteiger partial charge is 0.341 e. The van der Waals surface area contributed by atoms with Crippen LogP contribution in [0, 0.1) is 0 Å². The number of ether oxygens (including phenoxy) is 1. The Morgan fingerprint density at radius 2 is 2.00 bits per heavy atom. The molecule has 1 aromatic carbocycles. The predicted molar refractivity (Wildman–Crippen MR) is 64.2 cm³/mol. The Kier molecular flexibility index (Phi) is 3.78. The molecular weight excluding hydrogens is 278 g/mol. The van der Waals surface area contributed by atoms with Crippen LogP contribution in [0.3, 0.4) is 0 Å². The molecule has 0 amide bonds. The van der Waals surface area contributed by atoms with Gasteiger partial charge in [-0.2, -0.15) is 8.78 Å². The molecule has 0 saturated heterocycles. The quantitative estimate of drug-likeness (QED) is 0.921. The second kappa shape index (κ2) is 5.05. The number of sulfone groups is 1. The van der Waals surface area contributed by atoms with Gasteiger partial charge in [-0.05, 0) is 36.5 Å². The van der Waals surface area contributed by atoms with E-state index in [9.17, 15) is 22.3 Å². The number of rotatable bonds is 4. The third-order valence-electron chi connectivity index (χ3n) is 3.31. The second-order valence-electron chi connectivity index (χ2n) is 4.54. The minimum atomic E-state index is -4.67. The summed E-state index contributed by atoms with van der Waals surface area (Å²) < 4.78 is 52.9. The number of benzene rings is 1. The fraction of sp³-hybridized carbons (Fsp3) is 0.500. The van der Waals surface area contributed by atoms with E-state index in [0.717, 1.165) is 11.6 Å². The lowest BCUT2D eigenvalue weighted by Gasteiger charge is -2.32. The SMILES string of the molecule is COc1cc(C2CC(O)C2)ccc1S(=O)(=O)C(F)F. The first kappa shape index (κ1) is 14.2. The summed E-state index contributed by atoms with van der Waals surface area (Å²) in [6.45, 7) is 0. The normalized spacial score (nSPS) is 23.2. The molecule has 106 valence electrons. The molecule has 19 heavy (non-hydrogen) atoms. The topological polar surface area (TPSA) is 63.6 Å². The predicted octanol–water partition coefficient (Wildman–Crippen LogP) is 1.93. The van der Waals surface area contributed by atoms with Crippen LogP contribution in [0.25, 0.3) is 0 Å². The van der Waals surface area contributed by atoms with Crippen molar-refractivity contribution in [1.29, 1.82) is 0 Å². The summed E-state index contributed by atoms with van der Waals surface area (Å²) in [5.41, 5.74) is 0.787. The molecule has 1 fully saturated rings. The van der Waals surface area contributed by atoms with Gasteiger partial charge >= 0.3 is 5.76 Å². The summed E-state index contributed by atoms with van der Waals surface area (Å²) in [5.74, 6) is -3.44. The largest absolute Gasteiger partial charge is 0.495 e. The molecule has 1 saturated carbocycles. The van der Waals surface area contributed by atoms with Crippen molar-refractivity contribution in [1.82, 2.24) is 0 Å². The molecule has 1 aliphatic rings. The highest BCUT2D eigenvalue weighted by Crippen LogP contribution is 2.39. The van der Waals surface area contributed by atoms with E-state index in [-0.39, 0.29) is 17.8 Å². The van der Waals surface area contributed by atoms with E-state index >= 15 is 0 Å². The number of aliphatic hydroxyl groups excluding tert-OH is 1. The molecule has 0 bridgehead atoms. The maximum Gasteiger partial charge on any atom is 0.341 e. The van der Waals surface area contributed by atoms with Crippen molar-refractivity contribution in [2.24, 2.45) is 0 Å². The molecule has 2 rings (SSSR count). The highest BCUT2D eigenvalue weighted by molar-refractivity contribution is 7.91. The van der Waals surface area contributed by atoms with E-state index in [4.69, 9.17) is 4.74 Å². The number of hydrogen-bond donors (Lipinski definition) is 1. The lowest BCUT2D eigenvalue weighted by molar-refractivity contribution is 0.0745. The van der Waals surface area contributed by atoms with E-state index in [1.807, 2.05) is 0 Å². The van der Waals surface area contributed by atoms with Crippen LogP contribution < -0.4 is 4.74 Å². The Bertz CT molecular complexity index is 565. The standard InChI is InChI=1S/C12H14F2O4S/c1-18-10-6-7(8-4-9(15)5-8)2-3-11(10)19(16,17)12(13)14/h2-3,6,8-9,12,15H,4-5H2,1H3. The van der Waals surface area contributed by atoms with Gasteiger partial charge in [-0.15, -0.1) is 0 Å². The summed E-state index contributed by atoms with van der Waals surface area (Å²) in [7, 11) is -3.43. The van der Waals surface area contributed by atoms with Gasteiger partial charge in [0, 0.05) is 0 Å². The van der Waals surface area contributed by atoms with E-state index in [0.29, 0.717) is 12.8 Å². The van der Waals surface area contributed by atoms with E-state index in [2.05, 4.69) is 0 Å². The Labute approximate surface area is 109 Å². The monoisotopic (exact) mass is 292 g/mol. The van der Waals surface area contributed by atoms with Gasteiger partial charge in [0.25, 0.3) is 0 Å². The van der Waals surface area contributed by atoms with Crippen LogP contribution in [-0.2, 0) is 9.84 Å². The summed E-state index contributed by atoms with van der Waals surface area (Å²) in [6.07, 6.45) is 0.828. The Morgan fingerprint density at radius 1 is 1.37 bits per heavy atom. The number of halogens is 2. The Balaban J connectivity index is 2.37. The van der Waals surface area contributed by atoms with Crippen molar-refractivity contribution >= 4 is 9.84 Å². The maximum atomic E-state index is 12.5. The first-order valence-corrected chi connectivity index (χ1v) is 7.29. The van der Waals surface area contributed by atoms with Crippen molar-refractivity contribution < 1.29 is 27.0 Å². The third kappa shape index (κ3) is 2.57. The molecule has 1 aliphatic carbocycles. The van der Waals surface area contributed by atoms with Crippen LogP contribution in [0.15, 0.2) is 23.1 Å². The van der Waals surface area contributed by atoms with Crippen LogP contribution in [0.1, 0.15) is 24.3 Å². The zero-order valence-corrected chi connectivity index (χ0v) is 11.0. The number of aliphatic hydroxyl groups is 1. The highest BCUT2D eigenvalue weighted by atomic mass is 32.2. The van der Waals surface area contributed by atoms with Crippen molar-refractivity contribution in [2.75, 3.05) is 7.11 Å². The van der Waals surface area contributed by atoms with Gasteiger partial charge in [0.15, 0.2) is 0 Å². The molecule has 0 aliphatic heterocycles. The van der Waals surface area contributed by atoms with Crippen LogP contribution in [-0.4, -0.2) is 32.5 Å². The highest BCUT2D eigenvalue weighted by Gasteiger charge is 2.32. The van der Waals surface area contributed by atoms with E-state index in [1.54, 1.807) is 0 Å². The first-order valence-electron chi connectivity index (χ1n) is 5.74. The Morgan fingerprint density at radius 3 is 2.47 bits per heavy atom. The molecule has 1 aromatic rings. The molecule has 0 heterocycles. The van der Waals surface area contributed by atoms with Crippen molar-refractivity contribution in [3.8, 4) is 5.75 Å². The number of hydrogen-bond acceptors (Lipinski definition) is 4. The van der Waals surface area contributed by atoms with Gasteiger partial charge < -0.3 is 9.84 Å². The summed E-state index contributed by atoms with van der Waals surface area (Å²) in [6, 6.07) is 4.08. The number of alkyl halides is 2. The van der Waals surface area contributed by atoms with E-state index in [1.165, 1.54) is 19.2 Å². The fourth-order valence-electron chi connectivity index (χ4n) is 2.13. The van der Waals surface area contributed by atoms with Crippen LogP contribution in [0.5, 0.6) is 5.75 Å².